The predicted octanol–water partition coefficient (Wildman–Crippen LogP) is 1.10. The van der Waals surface area contributed by atoms with Gasteiger partial charge in [-0.2, -0.15) is 0 Å². The highest BCUT2D eigenvalue weighted by Crippen LogP contribution is 2.14. The van der Waals surface area contributed by atoms with Gasteiger partial charge in [0.05, 0.1) is 23.2 Å². The lowest BCUT2D eigenvalue weighted by Crippen LogP contribution is -2.25. The van der Waals surface area contributed by atoms with Crippen molar-refractivity contribution < 1.29 is 8.42 Å². The van der Waals surface area contributed by atoms with E-state index in [9.17, 15) is 13.2 Å². The predicted molar refractivity (Wildman–Crippen MR) is 83.4 cm³/mol. The fourth-order valence-electron chi connectivity index (χ4n) is 1.82. The summed E-state index contributed by atoms with van der Waals surface area (Å²) >= 11 is 5.88. The Bertz CT molecular complexity index is 802. The van der Waals surface area contributed by atoms with Crippen LogP contribution in [0.25, 0.3) is 10.9 Å². The fraction of sp³-hybridized carbons (Fsp3) is 0.385. The molecular weight excluding hydrogens is 314 g/mol. The van der Waals surface area contributed by atoms with E-state index in [1.807, 2.05) is 0 Å². The second kappa shape index (κ2) is 6.55. The van der Waals surface area contributed by atoms with Crippen molar-refractivity contribution in [3.63, 3.8) is 0 Å². The summed E-state index contributed by atoms with van der Waals surface area (Å²) < 4.78 is 22.7. The zero-order valence-electron chi connectivity index (χ0n) is 11.5. The lowest BCUT2D eigenvalue weighted by molar-refractivity contribution is 0.590. The minimum atomic E-state index is -2.99. The molecule has 0 atom stereocenters. The number of aromatic nitrogens is 2. The molecule has 1 aromatic carbocycles. The first kappa shape index (κ1) is 15.9. The smallest absolute Gasteiger partial charge is 0.258 e. The lowest BCUT2D eigenvalue weighted by atomic mass is 10.2. The number of hydrogen-bond donors (Lipinski definition) is 2. The van der Waals surface area contributed by atoms with Crippen molar-refractivity contribution in [3.05, 3.63) is 39.4 Å². The Balaban J connectivity index is 2.08. The van der Waals surface area contributed by atoms with Gasteiger partial charge in [0.2, 0.25) is 0 Å². The third-order valence-electron chi connectivity index (χ3n) is 3.04. The maximum absolute atomic E-state index is 11.9. The number of fused-ring (bicyclic) bond motifs is 1. The van der Waals surface area contributed by atoms with Crippen LogP contribution in [0.4, 0.5) is 0 Å². The maximum atomic E-state index is 11.9. The highest BCUT2D eigenvalue weighted by molar-refractivity contribution is 7.91. The van der Waals surface area contributed by atoms with Gasteiger partial charge in [0.15, 0.2) is 9.84 Å². The van der Waals surface area contributed by atoms with Gasteiger partial charge in [-0.05, 0) is 18.2 Å². The molecule has 2 aromatic rings. The van der Waals surface area contributed by atoms with Crippen molar-refractivity contribution in [1.82, 2.24) is 15.3 Å². The molecule has 0 amide bonds. The molecule has 114 valence electrons. The average molecular weight is 330 g/mol. The van der Waals surface area contributed by atoms with E-state index in [1.165, 1.54) is 0 Å². The Kier molecular flexibility index (Phi) is 4.97. The summed E-state index contributed by atoms with van der Waals surface area (Å²) in [6.07, 6.45) is 0. The summed E-state index contributed by atoms with van der Waals surface area (Å²) in [5.41, 5.74) is 0.277. The first-order valence-electron chi connectivity index (χ1n) is 6.51. The van der Waals surface area contributed by atoms with Gasteiger partial charge in [0.1, 0.15) is 5.82 Å². The van der Waals surface area contributed by atoms with Gasteiger partial charge < -0.3 is 10.3 Å². The van der Waals surface area contributed by atoms with E-state index in [1.54, 1.807) is 25.1 Å². The van der Waals surface area contributed by atoms with Crippen LogP contribution in [0.2, 0.25) is 5.02 Å². The Hall–Kier alpha value is -1.44. The second-order valence-electron chi connectivity index (χ2n) is 4.59. The van der Waals surface area contributed by atoms with Crippen LogP contribution in [0.5, 0.6) is 0 Å². The molecule has 0 bridgehead atoms. The van der Waals surface area contributed by atoms with Gasteiger partial charge in [-0.1, -0.05) is 18.5 Å². The molecule has 0 unspecified atom stereocenters. The molecule has 21 heavy (non-hydrogen) atoms. The fourth-order valence-corrected chi connectivity index (χ4v) is 2.73. The number of H-pyrrole nitrogens is 1. The van der Waals surface area contributed by atoms with Gasteiger partial charge in [-0.3, -0.25) is 4.79 Å². The largest absolute Gasteiger partial charge is 0.309 e. The normalized spacial score (nSPS) is 11.9. The summed E-state index contributed by atoms with van der Waals surface area (Å²) in [6, 6.07) is 4.88. The number of nitrogens with one attached hydrogen (secondary N) is 2. The van der Waals surface area contributed by atoms with E-state index in [-0.39, 0.29) is 23.6 Å². The van der Waals surface area contributed by atoms with Crippen LogP contribution in [-0.4, -0.2) is 36.4 Å². The minimum Gasteiger partial charge on any atom is -0.309 e. The second-order valence-corrected chi connectivity index (χ2v) is 7.50. The van der Waals surface area contributed by atoms with E-state index in [0.29, 0.717) is 28.3 Å². The van der Waals surface area contributed by atoms with Gasteiger partial charge in [0, 0.05) is 17.3 Å². The Morgan fingerprint density at radius 1 is 1.38 bits per heavy atom. The zero-order chi connectivity index (χ0) is 15.5. The average Bonchev–Trinajstić information content (AvgIpc) is 2.43. The number of rotatable bonds is 6. The van der Waals surface area contributed by atoms with Crippen LogP contribution in [0.3, 0.4) is 0 Å². The number of halogens is 1. The molecule has 0 saturated carbocycles. The molecule has 6 nitrogen and oxygen atoms in total. The number of hydrogen-bond acceptors (Lipinski definition) is 5. The van der Waals surface area contributed by atoms with Crippen LogP contribution in [0, 0.1) is 0 Å². The van der Waals surface area contributed by atoms with Crippen molar-refractivity contribution in [2.45, 2.75) is 13.5 Å². The first-order valence-corrected chi connectivity index (χ1v) is 8.71. The molecule has 0 aliphatic heterocycles. The van der Waals surface area contributed by atoms with Crippen molar-refractivity contribution in [2.75, 3.05) is 18.1 Å². The van der Waals surface area contributed by atoms with Gasteiger partial charge in [-0.15, -0.1) is 0 Å². The van der Waals surface area contributed by atoms with Gasteiger partial charge >= 0.3 is 0 Å². The quantitative estimate of drug-likeness (QED) is 0.774. The highest BCUT2D eigenvalue weighted by atomic mass is 35.5. The van der Waals surface area contributed by atoms with Gasteiger partial charge in [-0.25, -0.2) is 13.4 Å². The van der Waals surface area contributed by atoms with E-state index in [0.717, 1.165) is 0 Å². The van der Waals surface area contributed by atoms with Gasteiger partial charge in [0.25, 0.3) is 5.56 Å². The highest BCUT2D eigenvalue weighted by Gasteiger charge is 2.07. The van der Waals surface area contributed by atoms with Crippen LogP contribution >= 0.6 is 11.6 Å². The SMILES string of the molecule is CCS(=O)(=O)CCNCc1nc2cc(Cl)ccc2c(=O)[nH]1. The zero-order valence-corrected chi connectivity index (χ0v) is 13.1. The molecule has 2 rings (SSSR count). The summed E-state index contributed by atoms with van der Waals surface area (Å²) in [6.45, 7) is 2.21. The third kappa shape index (κ3) is 4.26. The van der Waals surface area contributed by atoms with E-state index in [2.05, 4.69) is 15.3 Å². The van der Waals surface area contributed by atoms with Crippen molar-refractivity contribution >= 4 is 32.3 Å². The Morgan fingerprint density at radius 2 is 2.14 bits per heavy atom. The lowest BCUT2D eigenvalue weighted by Gasteiger charge is -2.06. The summed E-state index contributed by atoms with van der Waals surface area (Å²) in [4.78, 5) is 18.8. The number of benzene rings is 1. The molecule has 0 spiro atoms. The van der Waals surface area contributed by atoms with Crippen LogP contribution in [0.15, 0.2) is 23.0 Å². The molecule has 2 N–H and O–H groups in total. The van der Waals surface area contributed by atoms with Crippen molar-refractivity contribution in [1.29, 1.82) is 0 Å². The molecule has 0 aliphatic rings. The monoisotopic (exact) mass is 329 g/mol. The number of sulfone groups is 1. The third-order valence-corrected chi connectivity index (χ3v) is 4.98. The summed E-state index contributed by atoms with van der Waals surface area (Å²) in [5.74, 6) is 0.634. The van der Waals surface area contributed by atoms with E-state index < -0.39 is 9.84 Å². The topological polar surface area (TPSA) is 91.9 Å². The minimum absolute atomic E-state index is 0.0626. The number of nitrogens with zero attached hydrogens (tertiary/aromatic N) is 1. The van der Waals surface area contributed by atoms with Crippen molar-refractivity contribution in [2.24, 2.45) is 0 Å². The van der Waals surface area contributed by atoms with Crippen LogP contribution in [-0.2, 0) is 16.4 Å². The molecule has 0 fully saturated rings. The standard InChI is InChI=1S/C13H16ClN3O3S/c1-2-21(19,20)6-5-15-8-12-16-11-7-9(14)3-4-10(11)13(18)17-12/h3-4,7,15H,2,5-6,8H2,1H3,(H,16,17,18). The van der Waals surface area contributed by atoms with Crippen LogP contribution < -0.4 is 10.9 Å². The summed E-state index contributed by atoms with van der Waals surface area (Å²) in [7, 11) is -2.99. The molecule has 1 aromatic heterocycles. The molecular formula is C13H16ClN3O3S. The van der Waals surface area contributed by atoms with E-state index >= 15 is 0 Å². The summed E-state index contributed by atoms with van der Waals surface area (Å²) in [5, 5.41) is 3.93. The number of aromatic amines is 1. The Morgan fingerprint density at radius 3 is 2.86 bits per heavy atom. The van der Waals surface area contributed by atoms with E-state index in [4.69, 9.17) is 11.6 Å². The molecule has 0 saturated heterocycles. The first-order chi connectivity index (χ1) is 9.91. The maximum Gasteiger partial charge on any atom is 0.258 e. The molecule has 0 radical (unpaired) electrons. The molecule has 8 heteroatoms. The van der Waals surface area contributed by atoms with Crippen molar-refractivity contribution in [3.8, 4) is 0 Å². The Labute approximate surface area is 127 Å². The van der Waals surface area contributed by atoms with Crippen LogP contribution in [0.1, 0.15) is 12.7 Å². The molecule has 1 heterocycles. The molecule has 0 aliphatic carbocycles.